The van der Waals surface area contributed by atoms with Gasteiger partial charge in [0, 0.05) is 12.3 Å². The number of ether oxygens (including phenoxy) is 1. The third-order valence-corrected chi connectivity index (χ3v) is 6.80. The van der Waals surface area contributed by atoms with Crippen molar-refractivity contribution in [1.29, 1.82) is 0 Å². The highest BCUT2D eigenvalue weighted by Crippen LogP contribution is 2.31. The number of hydrogen-bond acceptors (Lipinski definition) is 7. The highest BCUT2D eigenvalue weighted by Gasteiger charge is 2.22. The largest absolute Gasteiger partial charge is 0.478 e. The molecular formula is C16H20Cl2N4O3S2. The van der Waals surface area contributed by atoms with Crippen LogP contribution in [0, 0.1) is 0 Å². The summed E-state index contributed by atoms with van der Waals surface area (Å²) in [5, 5.41) is 0.715. The lowest BCUT2D eigenvalue weighted by molar-refractivity contribution is 0.376. The molecule has 27 heavy (non-hydrogen) atoms. The molecule has 0 bridgehead atoms. The standard InChI is InChI=1S/C16H20Cl2N4O3S2/c1-4-22(2)8-9-26-13-10-19-15(16(20-13)25-3)21-27(23,24)12-7-5-6-11(17)14(12)18/h5-7,10H,4,8-9H2,1-3H3,(H,19,21). The zero-order valence-electron chi connectivity index (χ0n) is 15.1. The van der Waals surface area contributed by atoms with E-state index in [9.17, 15) is 8.42 Å². The molecule has 148 valence electrons. The van der Waals surface area contributed by atoms with Gasteiger partial charge in [-0.2, -0.15) is 0 Å². The number of aromatic nitrogens is 2. The van der Waals surface area contributed by atoms with Crippen molar-refractivity contribution >= 4 is 50.8 Å². The molecule has 0 aliphatic heterocycles. The van der Waals surface area contributed by atoms with E-state index in [4.69, 9.17) is 27.9 Å². The SMILES string of the molecule is CCN(C)CCSc1cnc(NS(=O)(=O)c2cccc(Cl)c2Cl)c(OC)n1. The van der Waals surface area contributed by atoms with E-state index in [1.807, 2.05) is 7.05 Å². The van der Waals surface area contributed by atoms with Crippen LogP contribution >= 0.6 is 35.0 Å². The summed E-state index contributed by atoms with van der Waals surface area (Å²) in [7, 11) is -0.576. The number of methoxy groups -OCH3 is 1. The van der Waals surface area contributed by atoms with Gasteiger partial charge in [-0.3, -0.25) is 4.72 Å². The topological polar surface area (TPSA) is 84.4 Å². The van der Waals surface area contributed by atoms with Gasteiger partial charge in [-0.15, -0.1) is 11.8 Å². The van der Waals surface area contributed by atoms with Crippen LogP contribution in [0.15, 0.2) is 34.3 Å². The lowest BCUT2D eigenvalue weighted by Crippen LogP contribution is -2.20. The van der Waals surface area contributed by atoms with Crippen molar-refractivity contribution in [2.24, 2.45) is 0 Å². The van der Waals surface area contributed by atoms with E-state index >= 15 is 0 Å². The van der Waals surface area contributed by atoms with Gasteiger partial charge in [0.25, 0.3) is 15.9 Å². The predicted octanol–water partition coefficient (Wildman–Crippen LogP) is 3.64. The van der Waals surface area contributed by atoms with Crippen LogP contribution < -0.4 is 9.46 Å². The van der Waals surface area contributed by atoms with Gasteiger partial charge in [-0.25, -0.2) is 18.4 Å². The molecule has 0 unspecified atom stereocenters. The minimum absolute atomic E-state index is 0.0245. The monoisotopic (exact) mass is 450 g/mol. The minimum Gasteiger partial charge on any atom is -0.478 e. The second kappa shape index (κ2) is 9.79. The number of hydrogen-bond donors (Lipinski definition) is 1. The Labute approximate surface area is 173 Å². The number of sulfonamides is 1. The van der Waals surface area contributed by atoms with Crippen molar-refractivity contribution < 1.29 is 13.2 Å². The second-order valence-corrected chi connectivity index (χ2v) is 9.02. The van der Waals surface area contributed by atoms with Crippen LogP contribution in [0.2, 0.25) is 10.0 Å². The Balaban J connectivity index is 2.19. The van der Waals surface area contributed by atoms with Gasteiger partial charge in [-0.05, 0) is 25.7 Å². The highest BCUT2D eigenvalue weighted by atomic mass is 35.5. The van der Waals surface area contributed by atoms with E-state index in [0.29, 0.717) is 5.03 Å². The fourth-order valence-corrected chi connectivity index (χ4v) is 4.63. The number of nitrogens with one attached hydrogen (secondary N) is 1. The Hall–Kier alpha value is -1.26. The Morgan fingerprint density at radius 1 is 1.33 bits per heavy atom. The Morgan fingerprint density at radius 2 is 2.07 bits per heavy atom. The van der Waals surface area contributed by atoms with Crippen LogP contribution in [-0.2, 0) is 10.0 Å². The summed E-state index contributed by atoms with van der Waals surface area (Å²) in [5.74, 6) is 0.875. The summed E-state index contributed by atoms with van der Waals surface area (Å²) in [6.45, 7) is 3.94. The lowest BCUT2D eigenvalue weighted by atomic mass is 10.4. The molecule has 2 aromatic rings. The summed E-state index contributed by atoms with van der Waals surface area (Å²) < 4.78 is 32.8. The van der Waals surface area contributed by atoms with Crippen LogP contribution in [0.3, 0.4) is 0 Å². The normalized spacial score (nSPS) is 11.6. The van der Waals surface area contributed by atoms with Crippen molar-refractivity contribution in [3.8, 4) is 5.88 Å². The maximum atomic E-state index is 12.6. The first-order valence-electron chi connectivity index (χ1n) is 7.97. The van der Waals surface area contributed by atoms with E-state index in [2.05, 4.69) is 26.5 Å². The Bertz CT molecular complexity index is 897. The van der Waals surface area contributed by atoms with Crippen LogP contribution in [0.5, 0.6) is 5.88 Å². The van der Waals surface area contributed by atoms with Crippen LogP contribution in [0.1, 0.15) is 6.92 Å². The smallest absolute Gasteiger partial charge is 0.264 e. The zero-order valence-corrected chi connectivity index (χ0v) is 18.2. The highest BCUT2D eigenvalue weighted by molar-refractivity contribution is 7.99. The molecule has 2 rings (SSSR count). The quantitative estimate of drug-likeness (QED) is 0.583. The molecule has 0 fully saturated rings. The molecular weight excluding hydrogens is 431 g/mol. The van der Waals surface area contributed by atoms with E-state index in [1.54, 1.807) is 0 Å². The molecule has 0 atom stereocenters. The molecule has 1 aromatic heterocycles. The molecule has 0 radical (unpaired) electrons. The van der Waals surface area contributed by atoms with Gasteiger partial charge >= 0.3 is 0 Å². The van der Waals surface area contributed by atoms with Gasteiger partial charge in [0.15, 0.2) is 0 Å². The molecule has 0 amide bonds. The molecule has 11 heteroatoms. The van der Waals surface area contributed by atoms with E-state index in [-0.39, 0.29) is 26.6 Å². The third kappa shape index (κ3) is 5.86. The van der Waals surface area contributed by atoms with Crippen LogP contribution in [0.25, 0.3) is 0 Å². The molecule has 1 N–H and O–H groups in total. The first-order valence-corrected chi connectivity index (χ1v) is 11.2. The molecule has 0 saturated heterocycles. The molecule has 7 nitrogen and oxygen atoms in total. The van der Waals surface area contributed by atoms with Crippen molar-refractivity contribution in [3.63, 3.8) is 0 Å². The summed E-state index contributed by atoms with van der Waals surface area (Å²) >= 11 is 13.4. The number of halogens is 2. The first kappa shape index (κ1) is 22.0. The molecule has 1 heterocycles. The molecule has 0 saturated carbocycles. The van der Waals surface area contributed by atoms with E-state index in [0.717, 1.165) is 18.8 Å². The fraction of sp³-hybridized carbons (Fsp3) is 0.375. The minimum atomic E-state index is -4.01. The molecule has 0 spiro atoms. The lowest BCUT2D eigenvalue weighted by Gasteiger charge is -2.14. The summed E-state index contributed by atoms with van der Waals surface area (Å²) in [6.07, 6.45) is 1.50. The van der Waals surface area contributed by atoms with Crippen molar-refractivity contribution in [2.75, 3.05) is 37.7 Å². The maximum absolute atomic E-state index is 12.6. The molecule has 1 aromatic carbocycles. The fourth-order valence-electron chi connectivity index (χ4n) is 1.98. The maximum Gasteiger partial charge on any atom is 0.264 e. The number of thioether (sulfide) groups is 1. The molecule has 0 aliphatic rings. The Morgan fingerprint density at radius 3 is 2.74 bits per heavy atom. The van der Waals surface area contributed by atoms with Gasteiger partial charge in [0.1, 0.15) is 9.92 Å². The average molecular weight is 451 g/mol. The van der Waals surface area contributed by atoms with Crippen molar-refractivity contribution in [3.05, 3.63) is 34.4 Å². The number of rotatable bonds is 9. The van der Waals surface area contributed by atoms with E-state index in [1.165, 1.54) is 43.3 Å². The van der Waals surface area contributed by atoms with Gasteiger partial charge in [0.05, 0.1) is 23.4 Å². The van der Waals surface area contributed by atoms with E-state index < -0.39 is 10.0 Å². The van der Waals surface area contributed by atoms with Crippen LogP contribution in [-0.4, -0.2) is 56.3 Å². The van der Waals surface area contributed by atoms with Gasteiger partial charge in [-0.1, -0.05) is 36.2 Å². The Kier molecular flexibility index (Phi) is 7.99. The number of anilines is 1. The van der Waals surface area contributed by atoms with Gasteiger partial charge in [0.2, 0.25) is 5.82 Å². The molecule has 0 aliphatic carbocycles. The predicted molar refractivity (Wildman–Crippen MR) is 110 cm³/mol. The summed E-state index contributed by atoms with van der Waals surface area (Å²) in [5.41, 5.74) is 0. The summed E-state index contributed by atoms with van der Waals surface area (Å²) in [6, 6.07) is 4.36. The number of benzene rings is 1. The zero-order chi connectivity index (χ0) is 20.0. The first-order chi connectivity index (χ1) is 12.8. The summed E-state index contributed by atoms with van der Waals surface area (Å²) in [4.78, 5) is 10.5. The van der Waals surface area contributed by atoms with Crippen molar-refractivity contribution in [2.45, 2.75) is 16.8 Å². The second-order valence-electron chi connectivity index (χ2n) is 5.47. The van der Waals surface area contributed by atoms with Crippen LogP contribution in [0.4, 0.5) is 5.82 Å². The number of nitrogens with zero attached hydrogens (tertiary/aromatic N) is 3. The van der Waals surface area contributed by atoms with Crippen molar-refractivity contribution in [1.82, 2.24) is 14.9 Å². The van der Waals surface area contributed by atoms with Gasteiger partial charge < -0.3 is 9.64 Å². The third-order valence-electron chi connectivity index (χ3n) is 3.61. The average Bonchev–Trinajstić information content (AvgIpc) is 2.64.